The highest BCUT2D eigenvalue weighted by molar-refractivity contribution is 7.71. The predicted octanol–water partition coefficient (Wildman–Crippen LogP) is 2.53. The summed E-state index contributed by atoms with van der Waals surface area (Å²) < 4.78 is 27.0. The number of carbonyl (C=O) groups is 1. The number of hydrogen-bond donors (Lipinski definition) is 0. The monoisotopic (exact) mass is 426 g/mol. The van der Waals surface area contributed by atoms with Gasteiger partial charge < -0.3 is 9.64 Å². The Morgan fingerprint density at radius 3 is 2.40 bits per heavy atom. The Bertz CT molecular complexity index is 1020. The summed E-state index contributed by atoms with van der Waals surface area (Å²) in [5, 5.41) is 1.22. The molecule has 0 radical (unpaired) electrons. The molecule has 2 heterocycles. The Hall–Kier alpha value is -2.48. The van der Waals surface area contributed by atoms with Gasteiger partial charge in [0.25, 0.3) is 0 Å². The predicted molar refractivity (Wildman–Crippen MR) is 116 cm³/mol. The highest BCUT2D eigenvalue weighted by Gasteiger charge is 2.30. The van der Waals surface area contributed by atoms with Crippen LogP contribution in [0.2, 0.25) is 0 Å². The van der Waals surface area contributed by atoms with Crippen LogP contribution in [0.3, 0.4) is 0 Å². The number of nitrogens with zero attached hydrogens (tertiary/aromatic N) is 2. The summed E-state index contributed by atoms with van der Waals surface area (Å²) in [5.74, 6) is -0.198. The molecule has 30 heavy (non-hydrogen) atoms. The van der Waals surface area contributed by atoms with E-state index in [-0.39, 0.29) is 12.1 Å². The van der Waals surface area contributed by atoms with E-state index in [0.717, 1.165) is 57.7 Å². The van der Waals surface area contributed by atoms with Crippen molar-refractivity contribution in [2.24, 2.45) is 0 Å². The molecule has 2 aromatic carbocycles. The van der Waals surface area contributed by atoms with E-state index in [1.165, 1.54) is 10.9 Å². The van der Waals surface area contributed by atoms with E-state index in [2.05, 4.69) is 9.80 Å². The summed E-state index contributed by atoms with van der Waals surface area (Å²) >= 11 is 0. The molecule has 1 saturated heterocycles. The number of cyclic esters (lactones) is 1. The minimum absolute atomic E-state index is 0.103. The van der Waals surface area contributed by atoms with Crippen molar-refractivity contribution in [3.8, 4) is 0 Å². The van der Waals surface area contributed by atoms with E-state index in [1.807, 2.05) is 48.5 Å². The average Bonchev–Trinajstić information content (AvgIpc) is 3.06. The molecule has 0 saturated carbocycles. The lowest BCUT2D eigenvalue weighted by Crippen LogP contribution is -2.46. The minimum atomic E-state index is -2.17. The first-order chi connectivity index (χ1) is 14.6. The maximum Gasteiger partial charge on any atom is 0.339 e. The van der Waals surface area contributed by atoms with Crippen molar-refractivity contribution in [3.05, 3.63) is 70.8 Å². The Balaban J connectivity index is 1.19. The summed E-state index contributed by atoms with van der Waals surface area (Å²) in [6.07, 6.45) is 1.76. The van der Waals surface area contributed by atoms with Crippen molar-refractivity contribution in [2.75, 3.05) is 32.7 Å². The van der Waals surface area contributed by atoms with Gasteiger partial charge in [-0.15, -0.1) is 0 Å². The van der Waals surface area contributed by atoms with Gasteiger partial charge in [0.15, 0.2) is 0 Å². The maximum absolute atomic E-state index is 11.9. The van der Waals surface area contributed by atoms with Crippen LogP contribution in [0.1, 0.15) is 46.0 Å². The normalized spacial score (nSPS) is 19.3. The molecule has 0 aromatic heterocycles. The smallest absolute Gasteiger partial charge is 0.339 e. The molecule has 0 bridgehead atoms. The standard InChI is InChI=1S/C23H26N2O4S/c26-23-21-5-2-1-4-20(21)22(29-23)6-3-11-24-12-14-25(15-13-24)16-18-7-9-19(10-8-18)17-30(27)28/h1-2,4-5,7-10,17,22H,3,6,11-16H2. The van der Waals surface area contributed by atoms with Gasteiger partial charge in [0.2, 0.25) is 10.3 Å². The molecule has 2 aromatic rings. The third-order valence-electron chi connectivity index (χ3n) is 5.80. The first kappa shape index (κ1) is 20.8. The molecule has 2 aliphatic rings. The fraction of sp³-hybridized carbons (Fsp3) is 0.391. The van der Waals surface area contributed by atoms with E-state index in [1.54, 1.807) is 0 Å². The number of piperazine rings is 1. The first-order valence-corrected chi connectivity index (χ1v) is 11.5. The molecule has 158 valence electrons. The SMILES string of the molecule is O=C1OC(CCCN2CCN(Cc3ccc(C=S(=O)=O)cc3)CC2)c2ccccc21. The van der Waals surface area contributed by atoms with E-state index in [9.17, 15) is 13.2 Å². The molecule has 4 rings (SSSR count). The van der Waals surface area contributed by atoms with Crippen LogP contribution in [0.25, 0.3) is 0 Å². The number of ether oxygens (including phenoxy) is 1. The fourth-order valence-corrected chi connectivity index (χ4v) is 4.56. The van der Waals surface area contributed by atoms with Crippen LogP contribution in [0.15, 0.2) is 48.5 Å². The van der Waals surface area contributed by atoms with Gasteiger partial charge >= 0.3 is 5.97 Å². The number of fused-ring (bicyclic) bond motifs is 1. The summed E-state index contributed by atoms with van der Waals surface area (Å²) in [4.78, 5) is 16.8. The van der Waals surface area contributed by atoms with Gasteiger partial charge in [0, 0.05) is 38.3 Å². The second-order valence-electron chi connectivity index (χ2n) is 7.86. The maximum atomic E-state index is 11.9. The number of rotatable bonds is 7. The van der Waals surface area contributed by atoms with Gasteiger partial charge in [-0.3, -0.25) is 4.90 Å². The molecular formula is C23H26N2O4S. The largest absolute Gasteiger partial charge is 0.454 e. The fourth-order valence-electron chi connectivity index (χ4n) is 4.18. The highest BCUT2D eigenvalue weighted by Crippen LogP contribution is 2.33. The Morgan fingerprint density at radius 2 is 1.67 bits per heavy atom. The molecule has 0 aliphatic carbocycles. The Labute approximate surface area is 178 Å². The molecule has 1 fully saturated rings. The number of benzene rings is 2. The van der Waals surface area contributed by atoms with Crippen LogP contribution in [-0.4, -0.2) is 62.3 Å². The molecule has 7 heteroatoms. The summed E-state index contributed by atoms with van der Waals surface area (Å²) in [6.45, 7) is 5.98. The van der Waals surface area contributed by atoms with E-state index in [0.29, 0.717) is 11.1 Å². The lowest BCUT2D eigenvalue weighted by molar-refractivity contribution is 0.0353. The molecule has 0 amide bonds. The lowest BCUT2D eigenvalue weighted by atomic mass is 10.0. The van der Waals surface area contributed by atoms with Crippen molar-refractivity contribution in [1.29, 1.82) is 0 Å². The van der Waals surface area contributed by atoms with Crippen molar-refractivity contribution in [1.82, 2.24) is 9.80 Å². The highest BCUT2D eigenvalue weighted by atomic mass is 32.2. The second-order valence-corrected chi connectivity index (χ2v) is 8.62. The Morgan fingerprint density at radius 1 is 0.967 bits per heavy atom. The van der Waals surface area contributed by atoms with Crippen LogP contribution in [0, 0.1) is 0 Å². The summed E-state index contributed by atoms with van der Waals surface area (Å²) in [6, 6.07) is 15.3. The molecule has 6 nitrogen and oxygen atoms in total. The summed E-state index contributed by atoms with van der Waals surface area (Å²) in [5.41, 5.74) is 3.63. The van der Waals surface area contributed by atoms with E-state index < -0.39 is 10.3 Å². The van der Waals surface area contributed by atoms with Crippen molar-refractivity contribution in [3.63, 3.8) is 0 Å². The topological polar surface area (TPSA) is 66.9 Å². The number of esters is 1. The van der Waals surface area contributed by atoms with Gasteiger partial charge in [0.05, 0.1) is 10.9 Å². The van der Waals surface area contributed by atoms with Crippen molar-refractivity contribution < 1.29 is 17.9 Å². The molecule has 0 N–H and O–H groups in total. The van der Waals surface area contributed by atoms with Gasteiger partial charge in [-0.2, -0.15) is 8.42 Å². The van der Waals surface area contributed by atoms with Crippen molar-refractivity contribution in [2.45, 2.75) is 25.5 Å². The van der Waals surface area contributed by atoms with Crippen molar-refractivity contribution >= 4 is 21.6 Å². The van der Waals surface area contributed by atoms with Crippen LogP contribution in [0.4, 0.5) is 0 Å². The third kappa shape index (κ3) is 5.16. The van der Waals surface area contributed by atoms with Gasteiger partial charge in [0.1, 0.15) is 6.10 Å². The van der Waals surface area contributed by atoms with Gasteiger partial charge in [-0.1, -0.05) is 42.5 Å². The summed E-state index contributed by atoms with van der Waals surface area (Å²) in [7, 11) is -2.17. The zero-order valence-electron chi connectivity index (χ0n) is 16.9. The molecule has 1 unspecified atom stereocenters. The van der Waals surface area contributed by atoms with E-state index in [4.69, 9.17) is 4.74 Å². The number of carbonyl (C=O) groups excluding carboxylic acids is 1. The van der Waals surface area contributed by atoms with Crippen LogP contribution in [0.5, 0.6) is 0 Å². The first-order valence-electron chi connectivity index (χ1n) is 10.3. The molecule has 0 spiro atoms. The van der Waals surface area contributed by atoms with Crippen LogP contribution >= 0.6 is 0 Å². The van der Waals surface area contributed by atoms with Crippen LogP contribution < -0.4 is 0 Å². The van der Waals surface area contributed by atoms with Gasteiger partial charge in [-0.05, 0) is 36.6 Å². The third-order valence-corrected chi connectivity index (χ3v) is 6.27. The lowest BCUT2D eigenvalue weighted by Gasteiger charge is -2.34. The van der Waals surface area contributed by atoms with Gasteiger partial charge in [-0.25, -0.2) is 4.79 Å². The molecular weight excluding hydrogens is 400 g/mol. The Kier molecular flexibility index (Phi) is 6.62. The van der Waals surface area contributed by atoms with E-state index >= 15 is 0 Å². The van der Waals surface area contributed by atoms with Crippen LogP contribution in [-0.2, 0) is 21.6 Å². The molecule has 1 atom stereocenters. The molecule has 2 aliphatic heterocycles. The zero-order chi connectivity index (χ0) is 20.9. The average molecular weight is 427 g/mol. The zero-order valence-corrected chi connectivity index (χ0v) is 17.7. The second kappa shape index (κ2) is 9.55. The quantitative estimate of drug-likeness (QED) is 0.501. The number of hydrogen-bond acceptors (Lipinski definition) is 6. The minimum Gasteiger partial charge on any atom is -0.454 e.